The number of benzene rings is 2. The molecule has 4 nitrogen and oxygen atoms in total. The molecule has 2 bridgehead atoms. The Morgan fingerprint density at radius 3 is 2.49 bits per heavy atom. The fraction of sp³-hybridized carbons (Fsp3) is 0.548. The van der Waals surface area contributed by atoms with Crippen LogP contribution in [0.3, 0.4) is 0 Å². The van der Waals surface area contributed by atoms with E-state index in [1.807, 2.05) is 0 Å². The zero-order valence-corrected chi connectivity index (χ0v) is 21.6. The van der Waals surface area contributed by atoms with E-state index in [1.165, 1.54) is 66.5 Å². The largest absolute Gasteiger partial charge is 0.381 e. The number of H-pyrrole nitrogens is 1. The van der Waals surface area contributed by atoms with Gasteiger partial charge in [-0.25, -0.2) is 0 Å². The van der Waals surface area contributed by atoms with Crippen molar-refractivity contribution in [3.8, 4) is 0 Å². The van der Waals surface area contributed by atoms with Gasteiger partial charge in [0.1, 0.15) is 0 Å². The van der Waals surface area contributed by atoms with Crippen molar-refractivity contribution in [3.63, 3.8) is 0 Å². The second-order valence-corrected chi connectivity index (χ2v) is 12.2. The number of para-hydroxylation sites is 1. The van der Waals surface area contributed by atoms with Crippen LogP contribution in [0.15, 0.2) is 48.5 Å². The molecular formula is C31H40N4. The van der Waals surface area contributed by atoms with Crippen LogP contribution in [0, 0.1) is 5.92 Å². The summed E-state index contributed by atoms with van der Waals surface area (Å²) in [5.41, 5.74) is 7.41. The number of nitrogens with zero attached hydrogens (tertiary/aromatic N) is 2. The molecule has 3 heterocycles. The Labute approximate surface area is 210 Å². The second kappa shape index (κ2) is 8.11. The molecule has 1 saturated heterocycles. The summed E-state index contributed by atoms with van der Waals surface area (Å²) in [5.74, 6) is 0.986. The molecule has 0 radical (unpaired) electrons. The summed E-state index contributed by atoms with van der Waals surface area (Å²) in [6.07, 6.45) is 7.82. The van der Waals surface area contributed by atoms with Crippen LogP contribution in [0.1, 0.15) is 75.7 Å². The number of fused-ring (bicyclic) bond motifs is 3. The van der Waals surface area contributed by atoms with E-state index in [4.69, 9.17) is 0 Å². The number of anilines is 1. The first-order valence-corrected chi connectivity index (χ1v) is 14.0. The van der Waals surface area contributed by atoms with E-state index in [0.717, 1.165) is 18.9 Å². The van der Waals surface area contributed by atoms with Gasteiger partial charge in [-0.15, -0.1) is 0 Å². The second-order valence-electron chi connectivity index (χ2n) is 12.2. The zero-order valence-electron chi connectivity index (χ0n) is 21.6. The van der Waals surface area contributed by atoms with Gasteiger partial charge in [0.25, 0.3) is 0 Å². The molecule has 4 heteroatoms. The lowest BCUT2D eigenvalue weighted by Crippen LogP contribution is -2.71. The minimum atomic E-state index is 0.322. The third-order valence-corrected chi connectivity index (χ3v) is 9.74. The molecule has 2 N–H and O–H groups in total. The number of rotatable bonds is 6. The van der Waals surface area contributed by atoms with Gasteiger partial charge in [0, 0.05) is 52.5 Å². The molecule has 3 aromatic rings. The average Bonchev–Trinajstić information content (AvgIpc) is 3.33. The van der Waals surface area contributed by atoms with Gasteiger partial charge in [0.2, 0.25) is 0 Å². The third kappa shape index (κ3) is 3.40. The minimum Gasteiger partial charge on any atom is -0.381 e. The third-order valence-electron chi connectivity index (χ3n) is 9.74. The van der Waals surface area contributed by atoms with Crippen molar-refractivity contribution in [2.75, 3.05) is 18.4 Å². The van der Waals surface area contributed by atoms with Crippen LogP contribution in [-0.4, -0.2) is 51.5 Å². The monoisotopic (exact) mass is 468 g/mol. The van der Waals surface area contributed by atoms with E-state index in [0.29, 0.717) is 29.7 Å². The molecule has 184 valence electrons. The van der Waals surface area contributed by atoms with E-state index in [1.54, 1.807) is 5.56 Å². The molecule has 3 saturated carbocycles. The number of aromatic amines is 1. The Balaban J connectivity index is 1.20. The molecule has 2 aliphatic heterocycles. The van der Waals surface area contributed by atoms with Crippen molar-refractivity contribution in [2.45, 2.75) is 89.0 Å². The Morgan fingerprint density at radius 1 is 1.00 bits per heavy atom. The van der Waals surface area contributed by atoms with Crippen molar-refractivity contribution >= 4 is 16.6 Å². The topological polar surface area (TPSA) is 34.3 Å². The van der Waals surface area contributed by atoms with Crippen LogP contribution in [0.25, 0.3) is 10.9 Å². The van der Waals surface area contributed by atoms with Crippen LogP contribution in [-0.2, 0) is 6.42 Å². The molecule has 4 atom stereocenters. The van der Waals surface area contributed by atoms with E-state index in [2.05, 4.69) is 89.4 Å². The molecular weight excluding hydrogens is 428 g/mol. The lowest BCUT2D eigenvalue weighted by Gasteiger charge is -2.70. The van der Waals surface area contributed by atoms with Gasteiger partial charge in [-0.3, -0.25) is 9.80 Å². The number of nitrogens with one attached hydrogen (secondary N) is 2. The summed E-state index contributed by atoms with van der Waals surface area (Å²) in [6.45, 7) is 9.50. The number of hydrogen-bond acceptors (Lipinski definition) is 3. The summed E-state index contributed by atoms with van der Waals surface area (Å²) in [7, 11) is 0. The van der Waals surface area contributed by atoms with Gasteiger partial charge < -0.3 is 10.3 Å². The zero-order chi connectivity index (χ0) is 23.7. The number of likely N-dealkylation sites (tertiary alicyclic amines) is 1. The van der Waals surface area contributed by atoms with Crippen LogP contribution in [0.5, 0.6) is 0 Å². The van der Waals surface area contributed by atoms with E-state index >= 15 is 0 Å². The van der Waals surface area contributed by atoms with Crippen LogP contribution in [0.4, 0.5) is 5.69 Å². The van der Waals surface area contributed by atoms with Crippen molar-refractivity contribution < 1.29 is 0 Å². The molecule has 4 fully saturated rings. The fourth-order valence-electron chi connectivity index (χ4n) is 8.08. The molecule has 0 amide bonds. The highest BCUT2D eigenvalue weighted by atomic mass is 15.3. The average molecular weight is 469 g/mol. The van der Waals surface area contributed by atoms with Crippen molar-refractivity contribution in [3.05, 3.63) is 65.4 Å². The molecule has 0 spiro atoms. The van der Waals surface area contributed by atoms with Gasteiger partial charge in [0.05, 0.1) is 6.04 Å². The van der Waals surface area contributed by atoms with Crippen molar-refractivity contribution in [1.82, 2.24) is 14.8 Å². The van der Waals surface area contributed by atoms with Crippen molar-refractivity contribution in [1.29, 1.82) is 0 Å². The molecule has 2 unspecified atom stereocenters. The lowest BCUT2D eigenvalue weighted by atomic mass is 9.48. The minimum absolute atomic E-state index is 0.322. The van der Waals surface area contributed by atoms with Gasteiger partial charge in [-0.05, 0) is 94.2 Å². The Hall–Kier alpha value is -2.30. The summed E-state index contributed by atoms with van der Waals surface area (Å²) in [4.78, 5) is 9.43. The molecule has 35 heavy (non-hydrogen) atoms. The fourth-order valence-corrected chi connectivity index (χ4v) is 8.08. The summed E-state index contributed by atoms with van der Waals surface area (Å²) >= 11 is 0. The summed E-state index contributed by atoms with van der Waals surface area (Å²) in [5, 5.41) is 5.27. The summed E-state index contributed by atoms with van der Waals surface area (Å²) in [6, 6.07) is 20.5. The predicted octanol–water partition coefficient (Wildman–Crippen LogP) is 6.34. The first-order valence-electron chi connectivity index (χ1n) is 14.0. The Morgan fingerprint density at radius 2 is 1.77 bits per heavy atom. The first kappa shape index (κ1) is 21.9. The highest BCUT2D eigenvalue weighted by Crippen LogP contribution is 2.64. The maximum absolute atomic E-state index is 3.88. The molecule has 2 aromatic carbocycles. The molecule has 1 aromatic heterocycles. The highest BCUT2D eigenvalue weighted by molar-refractivity contribution is 5.85. The number of hydrogen-bond donors (Lipinski definition) is 2. The van der Waals surface area contributed by atoms with Gasteiger partial charge >= 0.3 is 0 Å². The van der Waals surface area contributed by atoms with E-state index in [-0.39, 0.29) is 0 Å². The Kier molecular flexibility index (Phi) is 5.08. The smallest absolute Gasteiger partial charge is 0.0764 e. The quantitative estimate of drug-likeness (QED) is 0.443. The van der Waals surface area contributed by atoms with E-state index in [9.17, 15) is 0 Å². The Bertz CT molecular complexity index is 1210. The predicted molar refractivity (Wildman–Crippen MR) is 145 cm³/mol. The van der Waals surface area contributed by atoms with Gasteiger partial charge in [-0.2, -0.15) is 0 Å². The van der Waals surface area contributed by atoms with Crippen LogP contribution >= 0.6 is 0 Å². The van der Waals surface area contributed by atoms with Crippen molar-refractivity contribution in [2.24, 2.45) is 5.92 Å². The summed E-state index contributed by atoms with van der Waals surface area (Å²) < 4.78 is 0. The van der Waals surface area contributed by atoms with Gasteiger partial charge in [0.15, 0.2) is 0 Å². The molecule has 8 rings (SSSR count). The normalized spacial score (nSPS) is 34.4. The maximum Gasteiger partial charge on any atom is 0.0764 e. The standard InChI is InChI=1S/C31H40N4/c1-4-13-34-19-25(14-20(34)2)32-24-11-9-23(10-12-24)30-29-27(26-7-5-6-8-28(26)33-29)15-21(3)35(30)31-16-22(17-31)18-31/h5-12,20-22,25,30,32-33H,4,13-19H2,1-3H3/t20?,21-,22?,25?,30-,31?/m1/s1. The maximum atomic E-state index is 3.88. The molecule has 3 aliphatic carbocycles. The van der Waals surface area contributed by atoms with Crippen LogP contribution in [0.2, 0.25) is 0 Å². The number of aromatic nitrogens is 1. The van der Waals surface area contributed by atoms with Crippen LogP contribution < -0.4 is 5.32 Å². The first-order chi connectivity index (χ1) is 17.0. The van der Waals surface area contributed by atoms with Gasteiger partial charge in [-0.1, -0.05) is 37.3 Å². The highest BCUT2D eigenvalue weighted by Gasteiger charge is 2.63. The lowest BCUT2D eigenvalue weighted by molar-refractivity contribution is -0.174. The molecule has 5 aliphatic rings. The SMILES string of the molecule is CCCN1CC(Nc2ccc([C@@H]3c4[nH]c5ccccc5c4C[C@@H](C)N3C34CC(C3)C4)cc2)CC1C. The van der Waals surface area contributed by atoms with E-state index < -0.39 is 0 Å².